The topological polar surface area (TPSA) is 61.5 Å². The van der Waals surface area contributed by atoms with Crippen molar-refractivity contribution in [2.45, 2.75) is 6.36 Å². The molecule has 96 valence electrons. The number of ether oxygens (including phenoxy) is 2. The first-order chi connectivity index (χ1) is 8.31. The van der Waals surface area contributed by atoms with Crippen LogP contribution in [0.1, 0.15) is 5.56 Å². The number of hydrogen-bond donors (Lipinski definition) is 1. The van der Waals surface area contributed by atoms with E-state index < -0.39 is 18.1 Å². The first-order valence-corrected chi connectivity index (χ1v) is 4.57. The molecule has 0 radical (unpaired) electrons. The first-order valence-electron chi connectivity index (χ1n) is 4.57. The van der Waals surface area contributed by atoms with Gasteiger partial charge in [0.1, 0.15) is 0 Å². The number of nitrogen functional groups attached to an aromatic ring is 1. The summed E-state index contributed by atoms with van der Waals surface area (Å²) in [7, 11) is 1.14. The number of esters is 1. The Hall–Kier alpha value is -2.36. The fraction of sp³-hybridized carbons (Fsp3) is 0.182. The Balaban J connectivity index is 3.00. The lowest BCUT2D eigenvalue weighted by atomic mass is 10.2. The minimum atomic E-state index is -4.84. The lowest BCUT2D eigenvalue weighted by Crippen LogP contribution is -2.18. The summed E-state index contributed by atoms with van der Waals surface area (Å²) in [6.07, 6.45) is -4.84. The summed E-state index contributed by atoms with van der Waals surface area (Å²) >= 11 is 0. The second kappa shape index (κ2) is 5.31. The largest absolute Gasteiger partial charge is 0.573 e. The third-order valence-corrected chi connectivity index (χ3v) is 1.73. The standard InChI is InChI=1S/C11H8F3NO3/c1-17-10(16)5-3-7-2-4-8(15)9(6-7)18-11(12,13)14/h2,4,6H,15H2,1H3. The molecule has 0 spiro atoms. The smallest absolute Gasteiger partial charge is 0.459 e. The van der Waals surface area contributed by atoms with Crippen LogP contribution in [0.15, 0.2) is 18.2 Å². The number of benzene rings is 1. The number of methoxy groups -OCH3 is 1. The fourth-order valence-electron chi connectivity index (χ4n) is 0.999. The molecule has 7 heteroatoms. The summed E-state index contributed by atoms with van der Waals surface area (Å²) < 4.78 is 44.1. The number of halogens is 3. The fourth-order valence-corrected chi connectivity index (χ4v) is 0.999. The second-order valence-corrected chi connectivity index (χ2v) is 3.04. The first kappa shape index (κ1) is 13.7. The van der Waals surface area contributed by atoms with Gasteiger partial charge in [-0.25, -0.2) is 4.79 Å². The molecule has 0 atom stereocenters. The van der Waals surface area contributed by atoms with E-state index in [-0.39, 0.29) is 11.3 Å². The van der Waals surface area contributed by atoms with E-state index in [4.69, 9.17) is 5.73 Å². The van der Waals surface area contributed by atoms with Crippen LogP contribution in [0.5, 0.6) is 5.75 Å². The van der Waals surface area contributed by atoms with E-state index in [2.05, 4.69) is 21.3 Å². The molecular formula is C11H8F3NO3. The maximum Gasteiger partial charge on any atom is 0.573 e. The van der Waals surface area contributed by atoms with E-state index in [1.807, 2.05) is 0 Å². The maximum atomic E-state index is 12.0. The number of nitrogens with two attached hydrogens (primary N) is 1. The minimum Gasteiger partial charge on any atom is -0.459 e. The van der Waals surface area contributed by atoms with Crippen molar-refractivity contribution in [3.63, 3.8) is 0 Å². The summed E-state index contributed by atoms with van der Waals surface area (Å²) in [4.78, 5) is 10.7. The minimum absolute atomic E-state index is 0.147. The van der Waals surface area contributed by atoms with Crippen LogP contribution in [0, 0.1) is 11.8 Å². The Bertz CT molecular complexity index is 514. The highest BCUT2D eigenvalue weighted by Crippen LogP contribution is 2.28. The average molecular weight is 259 g/mol. The second-order valence-electron chi connectivity index (χ2n) is 3.04. The Morgan fingerprint density at radius 3 is 2.61 bits per heavy atom. The Kier molecular flexibility index (Phi) is 4.05. The Morgan fingerprint density at radius 2 is 2.06 bits per heavy atom. The third-order valence-electron chi connectivity index (χ3n) is 1.73. The van der Waals surface area contributed by atoms with Crippen molar-refractivity contribution in [1.29, 1.82) is 0 Å². The van der Waals surface area contributed by atoms with Gasteiger partial charge in [-0.05, 0) is 18.2 Å². The molecule has 1 aromatic carbocycles. The number of hydrogen-bond acceptors (Lipinski definition) is 4. The van der Waals surface area contributed by atoms with Crippen molar-refractivity contribution in [3.8, 4) is 17.6 Å². The molecular weight excluding hydrogens is 251 g/mol. The van der Waals surface area contributed by atoms with E-state index >= 15 is 0 Å². The van der Waals surface area contributed by atoms with Gasteiger partial charge in [0, 0.05) is 11.5 Å². The van der Waals surface area contributed by atoms with E-state index in [0.29, 0.717) is 0 Å². The molecule has 0 fully saturated rings. The Labute approximate surface area is 100 Å². The molecule has 0 aliphatic heterocycles. The monoisotopic (exact) mass is 259 g/mol. The molecule has 0 aromatic heterocycles. The lowest BCUT2D eigenvalue weighted by molar-refractivity contribution is -0.274. The highest BCUT2D eigenvalue weighted by atomic mass is 19.4. The van der Waals surface area contributed by atoms with Gasteiger partial charge in [0.2, 0.25) is 0 Å². The molecule has 0 aliphatic carbocycles. The van der Waals surface area contributed by atoms with Crippen LogP contribution in [0.25, 0.3) is 0 Å². The van der Waals surface area contributed by atoms with Gasteiger partial charge < -0.3 is 15.2 Å². The zero-order chi connectivity index (χ0) is 13.8. The molecule has 0 saturated carbocycles. The molecule has 0 saturated heterocycles. The van der Waals surface area contributed by atoms with Crippen molar-refractivity contribution in [2.24, 2.45) is 0 Å². The predicted octanol–water partition coefficient (Wildman–Crippen LogP) is 1.69. The van der Waals surface area contributed by atoms with Crippen LogP contribution in [-0.4, -0.2) is 19.4 Å². The molecule has 0 amide bonds. The van der Waals surface area contributed by atoms with Crippen molar-refractivity contribution in [3.05, 3.63) is 23.8 Å². The van der Waals surface area contributed by atoms with Crippen LogP contribution in [0.3, 0.4) is 0 Å². The van der Waals surface area contributed by atoms with E-state index in [1.165, 1.54) is 12.1 Å². The summed E-state index contributed by atoms with van der Waals surface area (Å²) in [6, 6.07) is 3.54. The quantitative estimate of drug-likeness (QED) is 0.473. The normalized spacial score (nSPS) is 10.2. The summed E-state index contributed by atoms with van der Waals surface area (Å²) in [5.41, 5.74) is 5.28. The molecule has 0 aliphatic rings. The van der Waals surface area contributed by atoms with Gasteiger partial charge in [0.05, 0.1) is 12.8 Å². The number of rotatable bonds is 1. The zero-order valence-corrected chi connectivity index (χ0v) is 9.17. The number of anilines is 1. The molecule has 0 unspecified atom stereocenters. The number of carbonyl (C=O) groups is 1. The van der Waals surface area contributed by atoms with Gasteiger partial charge in [0.25, 0.3) is 0 Å². The van der Waals surface area contributed by atoms with Gasteiger partial charge in [-0.15, -0.1) is 13.2 Å². The van der Waals surface area contributed by atoms with Crippen molar-refractivity contribution >= 4 is 11.7 Å². The van der Waals surface area contributed by atoms with Crippen LogP contribution < -0.4 is 10.5 Å². The summed E-state index contributed by atoms with van der Waals surface area (Å²) in [5.74, 6) is 3.02. The average Bonchev–Trinajstić information content (AvgIpc) is 2.28. The van der Waals surface area contributed by atoms with Crippen LogP contribution in [0.4, 0.5) is 18.9 Å². The SMILES string of the molecule is COC(=O)C#Cc1ccc(N)c(OC(F)(F)F)c1. The molecule has 2 N–H and O–H groups in total. The van der Waals surface area contributed by atoms with E-state index in [1.54, 1.807) is 0 Å². The van der Waals surface area contributed by atoms with Crippen LogP contribution >= 0.6 is 0 Å². The number of carbonyl (C=O) groups excluding carboxylic acids is 1. The maximum absolute atomic E-state index is 12.0. The van der Waals surface area contributed by atoms with Gasteiger partial charge >= 0.3 is 12.3 Å². The van der Waals surface area contributed by atoms with E-state index in [9.17, 15) is 18.0 Å². The van der Waals surface area contributed by atoms with Gasteiger partial charge in [-0.1, -0.05) is 5.92 Å². The zero-order valence-electron chi connectivity index (χ0n) is 9.17. The molecule has 0 heterocycles. The van der Waals surface area contributed by atoms with Crippen molar-refractivity contribution < 1.29 is 27.4 Å². The van der Waals surface area contributed by atoms with Gasteiger partial charge in [0.15, 0.2) is 5.75 Å². The van der Waals surface area contributed by atoms with E-state index in [0.717, 1.165) is 13.2 Å². The van der Waals surface area contributed by atoms with Gasteiger partial charge in [-0.2, -0.15) is 0 Å². The molecule has 18 heavy (non-hydrogen) atoms. The van der Waals surface area contributed by atoms with Crippen LogP contribution in [-0.2, 0) is 9.53 Å². The summed E-state index contributed by atoms with van der Waals surface area (Å²) in [6.45, 7) is 0. The lowest BCUT2D eigenvalue weighted by Gasteiger charge is -2.10. The highest BCUT2D eigenvalue weighted by Gasteiger charge is 2.31. The number of alkyl halides is 3. The molecule has 1 aromatic rings. The highest BCUT2D eigenvalue weighted by molar-refractivity contribution is 5.89. The Morgan fingerprint density at radius 1 is 1.39 bits per heavy atom. The van der Waals surface area contributed by atoms with Crippen molar-refractivity contribution in [2.75, 3.05) is 12.8 Å². The summed E-state index contributed by atoms with van der Waals surface area (Å²) in [5, 5.41) is 0. The predicted molar refractivity (Wildman–Crippen MR) is 56.4 cm³/mol. The molecule has 0 bridgehead atoms. The molecule has 1 rings (SSSR count). The third kappa shape index (κ3) is 4.25. The van der Waals surface area contributed by atoms with Gasteiger partial charge in [-0.3, -0.25) is 0 Å². The van der Waals surface area contributed by atoms with Crippen molar-refractivity contribution in [1.82, 2.24) is 0 Å². The molecule has 4 nitrogen and oxygen atoms in total. The van der Waals surface area contributed by atoms with Crippen LogP contribution in [0.2, 0.25) is 0 Å².